The predicted molar refractivity (Wildman–Crippen MR) is 84.4 cm³/mol. The molecule has 24 heavy (non-hydrogen) atoms. The Balaban J connectivity index is 1.84. The summed E-state index contributed by atoms with van der Waals surface area (Å²) in [7, 11) is 1.55. The number of benzene rings is 2. The van der Waals surface area contributed by atoms with E-state index in [9.17, 15) is 18.4 Å². The summed E-state index contributed by atoms with van der Waals surface area (Å²) in [5, 5.41) is 4.61. The molecule has 2 aromatic rings. The van der Waals surface area contributed by atoms with Gasteiger partial charge in [0.15, 0.2) is 0 Å². The van der Waals surface area contributed by atoms with Crippen LogP contribution in [0.4, 0.5) is 14.5 Å². The van der Waals surface area contributed by atoms with E-state index in [-0.39, 0.29) is 6.54 Å². The minimum Gasteiger partial charge on any atom is -0.497 e. The smallest absolute Gasteiger partial charge is 0.233 e. The van der Waals surface area contributed by atoms with Crippen molar-refractivity contribution in [1.29, 1.82) is 0 Å². The fraction of sp³-hybridized carbons (Fsp3) is 0.176. The molecule has 126 valence electrons. The first-order valence-electron chi connectivity index (χ1n) is 7.13. The maximum atomic E-state index is 13.4. The average Bonchev–Trinajstić information content (AvgIpc) is 2.57. The van der Waals surface area contributed by atoms with Crippen LogP contribution >= 0.6 is 0 Å². The molecule has 2 amide bonds. The van der Waals surface area contributed by atoms with Crippen molar-refractivity contribution in [3.8, 4) is 5.75 Å². The second kappa shape index (κ2) is 8.05. The summed E-state index contributed by atoms with van der Waals surface area (Å²) in [5.41, 5.74) is 0.259. The number of carbonyl (C=O) groups excluding carboxylic acids is 2. The number of hydrogen-bond acceptors (Lipinski definition) is 3. The van der Waals surface area contributed by atoms with Gasteiger partial charge in [-0.15, -0.1) is 0 Å². The molecule has 0 bridgehead atoms. The third kappa shape index (κ3) is 4.77. The van der Waals surface area contributed by atoms with Crippen LogP contribution in [0.15, 0.2) is 42.5 Å². The third-order valence-electron chi connectivity index (χ3n) is 3.20. The Bertz CT molecular complexity index is 713. The Labute approximate surface area is 137 Å². The zero-order valence-corrected chi connectivity index (χ0v) is 12.9. The van der Waals surface area contributed by atoms with Crippen LogP contribution in [0.3, 0.4) is 0 Å². The highest BCUT2D eigenvalue weighted by Crippen LogP contribution is 2.18. The largest absolute Gasteiger partial charge is 0.497 e. The van der Waals surface area contributed by atoms with Crippen LogP contribution in [-0.2, 0) is 16.1 Å². The summed E-state index contributed by atoms with van der Waals surface area (Å²) in [6, 6.07) is 10.2. The molecular formula is C17H16F2N2O3. The van der Waals surface area contributed by atoms with Crippen LogP contribution in [0.5, 0.6) is 5.75 Å². The number of ether oxygens (including phenoxy) is 1. The minimum absolute atomic E-state index is 0.226. The number of carbonyl (C=O) groups is 2. The van der Waals surface area contributed by atoms with E-state index in [0.29, 0.717) is 5.75 Å². The fourth-order valence-corrected chi connectivity index (χ4v) is 1.95. The van der Waals surface area contributed by atoms with Crippen molar-refractivity contribution in [3.63, 3.8) is 0 Å². The Morgan fingerprint density at radius 1 is 1.00 bits per heavy atom. The quantitative estimate of drug-likeness (QED) is 0.798. The molecule has 0 heterocycles. The van der Waals surface area contributed by atoms with Crippen molar-refractivity contribution in [3.05, 3.63) is 59.7 Å². The molecule has 0 aliphatic rings. The first-order chi connectivity index (χ1) is 11.5. The molecule has 0 fully saturated rings. The Morgan fingerprint density at radius 2 is 1.62 bits per heavy atom. The maximum Gasteiger partial charge on any atom is 0.233 e. The molecule has 0 aliphatic carbocycles. The van der Waals surface area contributed by atoms with Crippen LogP contribution < -0.4 is 15.4 Å². The number of amides is 2. The van der Waals surface area contributed by atoms with E-state index in [0.717, 1.165) is 17.7 Å². The maximum absolute atomic E-state index is 13.4. The van der Waals surface area contributed by atoms with Gasteiger partial charge >= 0.3 is 0 Å². The van der Waals surface area contributed by atoms with E-state index in [4.69, 9.17) is 4.74 Å². The number of methoxy groups -OCH3 is 1. The topological polar surface area (TPSA) is 67.4 Å². The highest BCUT2D eigenvalue weighted by molar-refractivity contribution is 6.03. The summed E-state index contributed by atoms with van der Waals surface area (Å²) in [4.78, 5) is 23.4. The van der Waals surface area contributed by atoms with Crippen LogP contribution in [0, 0.1) is 11.6 Å². The number of para-hydroxylation sites is 1. The van der Waals surface area contributed by atoms with Gasteiger partial charge in [0.25, 0.3) is 0 Å². The number of nitrogens with one attached hydrogen (secondary N) is 2. The minimum atomic E-state index is -0.901. The van der Waals surface area contributed by atoms with E-state index >= 15 is 0 Å². The van der Waals surface area contributed by atoms with E-state index < -0.39 is 35.6 Å². The van der Waals surface area contributed by atoms with E-state index in [1.54, 1.807) is 31.4 Å². The van der Waals surface area contributed by atoms with E-state index in [1.165, 1.54) is 6.07 Å². The van der Waals surface area contributed by atoms with Crippen LogP contribution in [0.1, 0.15) is 12.0 Å². The van der Waals surface area contributed by atoms with Gasteiger partial charge in [-0.05, 0) is 29.8 Å². The van der Waals surface area contributed by atoms with Crippen molar-refractivity contribution in [2.45, 2.75) is 13.0 Å². The number of halogens is 2. The molecule has 2 aromatic carbocycles. The summed E-state index contributed by atoms with van der Waals surface area (Å²) in [6.07, 6.45) is -0.538. The molecule has 0 aliphatic heterocycles. The van der Waals surface area contributed by atoms with Gasteiger partial charge in [0, 0.05) is 6.54 Å². The average molecular weight is 334 g/mol. The molecule has 0 radical (unpaired) electrons. The van der Waals surface area contributed by atoms with Crippen molar-refractivity contribution < 1.29 is 23.1 Å². The fourth-order valence-electron chi connectivity index (χ4n) is 1.95. The first-order valence-corrected chi connectivity index (χ1v) is 7.13. The lowest BCUT2D eigenvalue weighted by Gasteiger charge is -2.08. The lowest BCUT2D eigenvalue weighted by Crippen LogP contribution is -2.28. The van der Waals surface area contributed by atoms with Crippen molar-refractivity contribution in [2.24, 2.45) is 0 Å². The highest BCUT2D eigenvalue weighted by Gasteiger charge is 2.14. The van der Waals surface area contributed by atoms with Gasteiger partial charge < -0.3 is 15.4 Å². The first kappa shape index (κ1) is 17.4. The summed E-state index contributed by atoms with van der Waals surface area (Å²) in [5.74, 6) is -2.47. The van der Waals surface area contributed by atoms with Gasteiger partial charge in [0.1, 0.15) is 29.5 Å². The summed E-state index contributed by atoms with van der Waals surface area (Å²) in [6.45, 7) is 0.226. The molecule has 2 rings (SSSR count). The van der Waals surface area contributed by atoms with Crippen molar-refractivity contribution in [2.75, 3.05) is 12.4 Å². The zero-order chi connectivity index (χ0) is 17.5. The highest BCUT2D eigenvalue weighted by atomic mass is 19.1. The van der Waals surface area contributed by atoms with Gasteiger partial charge in [-0.25, -0.2) is 8.78 Å². The Morgan fingerprint density at radius 3 is 2.21 bits per heavy atom. The molecule has 0 saturated heterocycles. The zero-order valence-electron chi connectivity index (χ0n) is 12.9. The van der Waals surface area contributed by atoms with Gasteiger partial charge in [-0.1, -0.05) is 18.2 Å². The van der Waals surface area contributed by atoms with E-state index in [1.807, 2.05) is 0 Å². The summed E-state index contributed by atoms with van der Waals surface area (Å²) >= 11 is 0. The second-order valence-electron chi connectivity index (χ2n) is 4.95. The van der Waals surface area contributed by atoms with Crippen LogP contribution in [0.25, 0.3) is 0 Å². The molecule has 0 spiro atoms. The van der Waals surface area contributed by atoms with Gasteiger partial charge in [-0.2, -0.15) is 0 Å². The van der Waals surface area contributed by atoms with Crippen LogP contribution in [0.2, 0.25) is 0 Å². The monoisotopic (exact) mass is 334 g/mol. The molecule has 2 N–H and O–H groups in total. The number of hydrogen-bond donors (Lipinski definition) is 2. The standard InChI is InChI=1S/C17H16F2N2O3/c1-24-12-7-5-11(6-8-12)10-20-15(22)9-16(23)21-17-13(18)3-2-4-14(17)19/h2-8H,9-10H2,1H3,(H,20,22)(H,21,23). The van der Waals surface area contributed by atoms with Gasteiger partial charge in [0.05, 0.1) is 7.11 Å². The molecule has 5 nitrogen and oxygen atoms in total. The molecule has 0 atom stereocenters. The predicted octanol–water partition coefficient (Wildman–Crippen LogP) is 2.62. The Kier molecular flexibility index (Phi) is 5.83. The SMILES string of the molecule is COc1ccc(CNC(=O)CC(=O)Nc2c(F)cccc2F)cc1. The van der Waals surface area contributed by atoms with Gasteiger partial charge in [0.2, 0.25) is 11.8 Å². The van der Waals surface area contributed by atoms with Crippen molar-refractivity contribution >= 4 is 17.5 Å². The second-order valence-corrected chi connectivity index (χ2v) is 4.95. The molecule has 0 saturated carbocycles. The lowest BCUT2D eigenvalue weighted by atomic mass is 10.2. The molecule has 0 unspecified atom stereocenters. The number of rotatable bonds is 6. The van der Waals surface area contributed by atoms with Crippen LogP contribution in [-0.4, -0.2) is 18.9 Å². The lowest BCUT2D eigenvalue weighted by molar-refractivity contribution is -0.126. The van der Waals surface area contributed by atoms with Crippen molar-refractivity contribution in [1.82, 2.24) is 5.32 Å². The number of anilines is 1. The molecule has 0 aromatic heterocycles. The Hall–Kier alpha value is -2.96. The molecular weight excluding hydrogens is 318 g/mol. The van der Waals surface area contributed by atoms with E-state index in [2.05, 4.69) is 10.6 Å². The molecule has 7 heteroatoms. The van der Waals surface area contributed by atoms with Gasteiger partial charge in [-0.3, -0.25) is 9.59 Å². The normalized spacial score (nSPS) is 10.1. The summed E-state index contributed by atoms with van der Waals surface area (Å²) < 4.78 is 31.8. The third-order valence-corrected chi connectivity index (χ3v) is 3.20.